The van der Waals surface area contributed by atoms with Crippen LogP contribution in [0.1, 0.15) is 31.7 Å². The molecule has 1 N–H and O–H groups in total. The molecular formula is C15H22N2. The maximum Gasteiger partial charge on any atom is 0.0374 e. The van der Waals surface area contributed by atoms with Gasteiger partial charge in [0.1, 0.15) is 0 Å². The van der Waals surface area contributed by atoms with Gasteiger partial charge in [0, 0.05) is 31.0 Å². The molecule has 0 aromatic heterocycles. The monoisotopic (exact) mass is 230 g/mol. The van der Waals surface area contributed by atoms with Gasteiger partial charge in [0.15, 0.2) is 0 Å². The first-order valence-corrected chi connectivity index (χ1v) is 6.98. The smallest absolute Gasteiger partial charge is 0.0374 e. The predicted molar refractivity (Wildman–Crippen MR) is 73.9 cm³/mol. The fourth-order valence-electron chi connectivity index (χ4n) is 3.03. The third-order valence-corrected chi connectivity index (χ3v) is 4.05. The Bertz CT molecular complexity index is 394. The highest BCUT2D eigenvalue weighted by atomic mass is 15.2. The number of hydrogen-bond donors (Lipinski definition) is 1. The van der Waals surface area contributed by atoms with E-state index in [1.807, 2.05) is 0 Å². The molecule has 1 aromatic carbocycles. The second kappa shape index (κ2) is 4.59. The molecule has 1 aromatic rings. The molecule has 2 heteroatoms. The fourth-order valence-corrected chi connectivity index (χ4v) is 3.03. The normalized spacial score (nSPS) is 19.5. The summed E-state index contributed by atoms with van der Waals surface area (Å²) in [5.41, 5.74) is 4.29. The molecule has 0 radical (unpaired) electrons. The van der Waals surface area contributed by atoms with Crippen LogP contribution in [0.2, 0.25) is 0 Å². The lowest BCUT2D eigenvalue weighted by Crippen LogP contribution is -2.46. The van der Waals surface area contributed by atoms with E-state index < -0.39 is 0 Å². The largest absolute Gasteiger partial charge is 0.385 e. The minimum atomic E-state index is 0.939. The van der Waals surface area contributed by atoms with Gasteiger partial charge in [0.25, 0.3) is 0 Å². The van der Waals surface area contributed by atoms with Crippen LogP contribution in [0.3, 0.4) is 0 Å². The summed E-state index contributed by atoms with van der Waals surface area (Å²) >= 11 is 0. The molecular weight excluding hydrogens is 208 g/mol. The van der Waals surface area contributed by atoms with Crippen LogP contribution in [0.25, 0.3) is 0 Å². The van der Waals surface area contributed by atoms with E-state index in [9.17, 15) is 0 Å². The molecule has 0 amide bonds. The number of nitrogens with one attached hydrogen (secondary N) is 1. The average Bonchev–Trinajstić information content (AvgIpc) is 2.33. The number of benzene rings is 1. The Morgan fingerprint density at radius 3 is 3.06 bits per heavy atom. The van der Waals surface area contributed by atoms with Gasteiger partial charge in [-0.3, -0.25) is 0 Å². The zero-order chi connectivity index (χ0) is 11.7. The van der Waals surface area contributed by atoms with Crippen molar-refractivity contribution < 1.29 is 0 Å². The summed E-state index contributed by atoms with van der Waals surface area (Å²) in [4.78, 5) is 2.52. The molecule has 1 fully saturated rings. The summed E-state index contributed by atoms with van der Waals surface area (Å²) in [7, 11) is 0. The first-order chi connectivity index (χ1) is 8.36. The van der Waals surface area contributed by atoms with E-state index in [0.717, 1.165) is 12.5 Å². The number of rotatable bonds is 3. The minimum Gasteiger partial charge on any atom is -0.385 e. The number of fused-ring (bicyclic) bond motifs is 1. The summed E-state index contributed by atoms with van der Waals surface area (Å²) in [5.74, 6) is 0.939. The number of nitrogens with zero attached hydrogens (tertiary/aromatic N) is 1. The molecule has 0 atom stereocenters. The van der Waals surface area contributed by atoms with Crippen molar-refractivity contribution in [1.29, 1.82) is 0 Å². The van der Waals surface area contributed by atoms with E-state index in [2.05, 4.69) is 35.3 Å². The van der Waals surface area contributed by atoms with Crippen LogP contribution in [0.5, 0.6) is 0 Å². The molecule has 1 saturated heterocycles. The first-order valence-electron chi connectivity index (χ1n) is 6.98. The third-order valence-electron chi connectivity index (χ3n) is 4.05. The summed E-state index contributed by atoms with van der Waals surface area (Å²) in [5, 5.41) is 3.48. The van der Waals surface area contributed by atoms with Crippen molar-refractivity contribution in [2.75, 3.05) is 29.9 Å². The highest BCUT2D eigenvalue weighted by Crippen LogP contribution is 2.31. The first kappa shape index (κ1) is 10.9. The minimum absolute atomic E-state index is 0.939. The van der Waals surface area contributed by atoms with E-state index >= 15 is 0 Å². The second-order valence-electron chi connectivity index (χ2n) is 5.43. The van der Waals surface area contributed by atoms with E-state index in [1.165, 1.54) is 55.7 Å². The van der Waals surface area contributed by atoms with Gasteiger partial charge in [-0.1, -0.05) is 13.3 Å². The van der Waals surface area contributed by atoms with Crippen LogP contribution in [0, 0.1) is 5.92 Å². The Morgan fingerprint density at radius 1 is 1.35 bits per heavy atom. The van der Waals surface area contributed by atoms with Crippen LogP contribution >= 0.6 is 0 Å². The van der Waals surface area contributed by atoms with E-state index in [4.69, 9.17) is 0 Å². The predicted octanol–water partition coefficient (Wildman–Crippen LogP) is 3.28. The van der Waals surface area contributed by atoms with Crippen molar-refractivity contribution >= 4 is 11.4 Å². The average molecular weight is 230 g/mol. The van der Waals surface area contributed by atoms with E-state index in [0.29, 0.717) is 0 Å². The summed E-state index contributed by atoms with van der Waals surface area (Å²) in [6, 6.07) is 6.93. The lowest BCUT2D eigenvalue weighted by Gasteiger charge is -2.41. The van der Waals surface area contributed by atoms with Gasteiger partial charge < -0.3 is 10.2 Å². The van der Waals surface area contributed by atoms with Gasteiger partial charge in [0.2, 0.25) is 0 Å². The van der Waals surface area contributed by atoms with Gasteiger partial charge in [-0.2, -0.15) is 0 Å². The SMILES string of the molecule is CCCC1CN(c2ccc3c(c2)CCCN3)C1. The molecule has 2 aliphatic heterocycles. The molecule has 0 bridgehead atoms. The quantitative estimate of drug-likeness (QED) is 0.857. The standard InChI is InChI=1S/C15H22N2/c1-2-4-12-10-17(11-12)14-6-7-15-13(9-14)5-3-8-16-15/h6-7,9,12,16H,2-5,8,10-11H2,1H3. The Morgan fingerprint density at radius 2 is 2.24 bits per heavy atom. The van der Waals surface area contributed by atoms with Crippen LogP contribution in [-0.2, 0) is 6.42 Å². The second-order valence-corrected chi connectivity index (χ2v) is 5.43. The van der Waals surface area contributed by atoms with Crippen molar-refractivity contribution in [3.05, 3.63) is 23.8 Å². The highest BCUT2D eigenvalue weighted by Gasteiger charge is 2.26. The Kier molecular flexibility index (Phi) is 2.96. The number of hydrogen-bond acceptors (Lipinski definition) is 2. The number of anilines is 2. The van der Waals surface area contributed by atoms with Gasteiger partial charge in [0.05, 0.1) is 0 Å². The van der Waals surface area contributed by atoms with E-state index in [1.54, 1.807) is 0 Å². The lowest BCUT2D eigenvalue weighted by molar-refractivity contribution is 0.380. The molecule has 92 valence electrons. The molecule has 2 nitrogen and oxygen atoms in total. The van der Waals surface area contributed by atoms with Crippen molar-refractivity contribution in [2.45, 2.75) is 32.6 Å². The van der Waals surface area contributed by atoms with Crippen LogP contribution < -0.4 is 10.2 Å². The van der Waals surface area contributed by atoms with Crippen LogP contribution in [0.4, 0.5) is 11.4 Å². The van der Waals surface area contributed by atoms with Crippen molar-refractivity contribution in [1.82, 2.24) is 0 Å². The molecule has 2 aliphatic rings. The van der Waals surface area contributed by atoms with Crippen molar-refractivity contribution in [3.63, 3.8) is 0 Å². The zero-order valence-corrected chi connectivity index (χ0v) is 10.7. The van der Waals surface area contributed by atoms with Crippen LogP contribution in [0.15, 0.2) is 18.2 Å². The topological polar surface area (TPSA) is 15.3 Å². The zero-order valence-electron chi connectivity index (χ0n) is 10.7. The maximum atomic E-state index is 3.48. The van der Waals surface area contributed by atoms with Crippen molar-refractivity contribution in [2.24, 2.45) is 5.92 Å². The van der Waals surface area contributed by atoms with Gasteiger partial charge >= 0.3 is 0 Å². The van der Waals surface area contributed by atoms with Crippen LogP contribution in [-0.4, -0.2) is 19.6 Å². The van der Waals surface area contributed by atoms with Crippen molar-refractivity contribution in [3.8, 4) is 0 Å². The maximum absolute atomic E-state index is 3.48. The summed E-state index contributed by atoms with van der Waals surface area (Å²) in [6.45, 7) is 5.95. The molecule has 0 saturated carbocycles. The fraction of sp³-hybridized carbons (Fsp3) is 0.600. The van der Waals surface area contributed by atoms with Gasteiger partial charge in [-0.05, 0) is 48.9 Å². The lowest BCUT2D eigenvalue weighted by atomic mass is 9.93. The molecule has 0 spiro atoms. The molecule has 17 heavy (non-hydrogen) atoms. The molecule has 3 rings (SSSR count). The summed E-state index contributed by atoms with van der Waals surface area (Å²) in [6.07, 6.45) is 5.23. The summed E-state index contributed by atoms with van der Waals surface area (Å²) < 4.78 is 0. The third kappa shape index (κ3) is 2.13. The Hall–Kier alpha value is -1.18. The van der Waals surface area contributed by atoms with Gasteiger partial charge in [-0.25, -0.2) is 0 Å². The number of aryl methyl sites for hydroxylation is 1. The molecule has 0 unspecified atom stereocenters. The molecule has 0 aliphatic carbocycles. The molecule has 2 heterocycles. The van der Waals surface area contributed by atoms with E-state index in [-0.39, 0.29) is 0 Å². The van der Waals surface area contributed by atoms with Gasteiger partial charge in [-0.15, -0.1) is 0 Å². The Balaban J connectivity index is 1.68. The Labute approximate surface area is 104 Å². The highest BCUT2D eigenvalue weighted by molar-refractivity contribution is 5.62.